The van der Waals surface area contributed by atoms with Crippen molar-refractivity contribution in [2.75, 3.05) is 11.9 Å². The zero-order valence-electron chi connectivity index (χ0n) is 11.9. The number of aryl methyl sites for hydroxylation is 1. The average molecular weight is 263 g/mol. The first-order chi connectivity index (χ1) is 9.93. The van der Waals surface area contributed by atoms with Gasteiger partial charge in [0.2, 0.25) is 0 Å². The fraction of sp³-hybridized carbons (Fsp3) is 0.368. The molecule has 2 aliphatic rings. The first-order valence-electron chi connectivity index (χ1n) is 7.88. The summed E-state index contributed by atoms with van der Waals surface area (Å²) < 4.78 is 0. The minimum Gasteiger partial charge on any atom is -0.384 e. The van der Waals surface area contributed by atoms with E-state index in [1.54, 1.807) is 5.56 Å². The summed E-state index contributed by atoms with van der Waals surface area (Å²) in [5.74, 6) is 0.783. The van der Waals surface area contributed by atoms with Crippen LogP contribution < -0.4 is 5.32 Å². The Bertz CT molecular complexity index is 625. The van der Waals surface area contributed by atoms with Gasteiger partial charge < -0.3 is 5.32 Å². The lowest BCUT2D eigenvalue weighted by Crippen LogP contribution is -2.14. The van der Waals surface area contributed by atoms with Crippen LogP contribution in [0.3, 0.4) is 0 Å². The number of hydrogen-bond acceptors (Lipinski definition) is 1. The van der Waals surface area contributed by atoms with Gasteiger partial charge in [0.1, 0.15) is 0 Å². The Morgan fingerprint density at radius 2 is 1.70 bits per heavy atom. The van der Waals surface area contributed by atoms with Crippen LogP contribution in [0.4, 0.5) is 5.69 Å². The number of rotatable bonds is 2. The molecule has 1 N–H and O–H groups in total. The molecular weight excluding hydrogens is 242 g/mol. The molecule has 1 fully saturated rings. The second-order valence-corrected chi connectivity index (χ2v) is 6.09. The third-order valence-electron chi connectivity index (χ3n) is 4.87. The minimum atomic E-state index is 0.783. The normalized spacial score (nSPS) is 18.0. The Balaban J connectivity index is 1.85. The third-order valence-corrected chi connectivity index (χ3v) is 4.87. The van der Waals surface area contributed by atoms with Crippen molar-refractivity contribution in [2.24, 2.45) is 0 Å². The molecule has 1 aliphatic carbocycles. The van der Waals surface area contributed by atoms with Crippen molar-refractivity contribution >= 4 is 5.69 Å². The topological polar surface area (TPSA) is 12.0 Å². The Morgan fingerprint density at radius 3 is 2.55 bits per heavy atom. The largest absolute Gasteiger partial charge is 0.384 e. The molecule has 20 heavy (non-hydrogen) atoms. The van der Waals surface area contributed by atoms with E-state index in [-0.39, 0.29) is 0 Å². The van der Waals surface area contributed by atoms with Crippen molar-refractivity contribution < 1.29 is 0 Å². The van der Waals surface area contributed by atoms with E-state index in [4.69, 9.17) is 0 Å². The van der Waals surface area contributed by atoms with Crippen molar-refractivity contribution in [2.45, 2.75) is 38.0 Å². The van der Waals surface area contributed by atoms with E-state index in [0.29, 0.717) is 0 Å². The molecule has 1 heteroatoms. The van der Waals surface area contributed by atoms with Crippen LogP contribution in [0.5, 0.6) is 0 Å². The van der Waals surface area contributed by atoms with Gasteiger partial charge >= 0.3 is 0 Å². The third kappa shape index (κ3) is 1.93. The second kappa shape index (κ2) is 4.97. The van der Waals surface area contributed by atoms with Crippen LogP contribution >= 0.6 is 0 Å². The lowest BCUT2D eigenvalue weighted by atomic mass is 9.77. The fourth-order valence-electron chi connectivity index (χ4n) is 3.55. The van der Waals surface area contributed by atoms with E-state index < -0.39 is 0 Å². The van der Waals surface area contributed by atoms with Gasteiger partial charge in [0.15, 0.2) is 0 Å². The van der Waals surface area contributed by atoms with Crippen LogP contribution in [0.2, 0.25) is 0 Å². The summed E-state index contributed by atoms with van der Waals surface area (Å²) in [5, 5.41) is 3.63. The highest BCUT2D eigenvalue weighted by Gasteiger charge is 2.23. The fourth-order valence-corrected chi connectivity index (χ4v) is 3.55. The molecule has 0 spiro atoms. The van der Waals surface area contributed by atoms with Crippen LogP contribution in [-0.4, -0.2) is 6.54 Å². The number of nitrogens with one attached hydrogen (secondary N) is 1. The predicted octanol–water partition coefficient (Wildman–Crippen LogP) is 4.98. The molecule has 4 rings (SSSR count). The molecule has 2 aromatic rings. The van der Waals surface area contributed by atoms with Crippen molar-refractivity contribution in [1.82, 2.24) is 0 Å². The van der Waals surface area contributed by atoms with E-state index in [9.17, 15) is 0 Å². The van der Waals surface area contributed by atoms with Crippen LogP contribution in [0.25, 0.3) is 11.1 Å². The van der Waals surface area contributed by atoms with Crippen molar-refractivity contribution in [3.05, 3.63) is 53.6 Å². The molecule has 0 aromatic heterocycles. The highest BCUT2D eigenvalue weighted by Crippen LogP contribution is 2.43. The van der Waals surface area contributed by atoms with Crippen LogP contribution in [0.15, 0.2) is 42.5 Å². The number of benzene rings is 2. The Kier molecular flexibility index (Phi) is 2.99. The highest BCUT2D eigenvalue weighted by molar-refractivity contribution is 5.83. The SMILES string of the molecule is c1ccc(C2CCC2)c(-c2cccc3c2NCCC3)c1. The van der Waals surface area contributed by atoms with Crippen molar-refractivity contribution in [3.63, 3.8) is 0 Å². The average Bonchev–Trinajstić information content (AvgIpc) is 2.46. The zero-order chi connectivity index (χ0) is 13.4. The van der Waals surface area contributed by atoms with Crippen LogP contribution in [0.1, 0.15) is 42.7 Å². The van der Waals surface area contributed by atoms with Crippen molar-refractivity contribution in [3.8, 4) is 11.1 Å². The summed E-state index contributed by atoms with van der Waals surface area (Å²) in [4.78, 5) is 0. The molecule has 102 valence electrons. The molecule has 1 saturated carbocycles. The molecule has 0 bridgehead atoms. The molecular formula is C19H21N. The molecule has 0 saturated heterocycles. The van der Waals surface area contributed by atoms with Gasteiger partial charge in [-0.05, 0) is 48.3 Å². The molecule has 0 radical (unpaired) electrons. The molecule has 0 atom stereocenters. The molecule has 1 nitrogen and oxygen atoms in total. The smallest absolute Gasteiger partial charge is 0.0452 e. The summed E-state index contributed by atoms with van der Waals surface area (Å²) in [6, 6.07) is 15.8. The maximum Gasteiger partial charge on any atom is 0.0452 e. The van der Waals surface area contributed by atoms with E-state index in [1.165, 1.54) is 54.5 Å². The molecule has 1 aliphatic heterocycles. The predicted molar refractivity (Wildman–Crippen MR) is 85.3 cm³/mol. The van der Waals surface area contributed by atoms with E-state index >= 15 is 0 Å². The number of fused-ring (bicyclic) bond motifs is 1. The summed E-state index contributed by atoms with van der Waals surface area (Å²) in [6.45, 7) is 1.11. The van der Waals surface area contributed by atoms with Gasteiger partial charge in [-0.2, -0.15) is 0 Å². The number of para-hydroxylation sites is 1. The molecule has 0 amide bonds. The molecule has 0 unspecified atom stereocenters. The lowest BCUT2D eigenvalue weighted by molar-refractivity contribution is 0.420. The van der Waals surface area contributed by atoms with Crippen molar-refractivity contribution in [1.29, 1.82) is 0 Å². The maximum atomic E-state index is 3.63. The van der Waals surface area contributed by atoms with Gasteiger partial charge in [-0.15, -0.1) is 0 Å². The van der Waals surface area contributed by atoms with Crippen LogP contribution in [-0.2, 0) is 6.42 Å². The standard InChI is InChI=1S/C19H21N/c1-2-11-17(16(10-1)14-6-3-7-14)18-12-4-8-15-9-5-13-20-19(15)18/h1-2,4,8,10-12,14,20H,3,5-7,9,13H2. The zero-order valence-corrected chi connectivity index (χ0v) is 11.9. The van der Waals surface area contributed by atoms with Gasteiger partial charge in [-0.25, -0.2) is 0 Å². The highest BCUT2D eigenvalue weighted by atomic mass is 14.9. The van der Waals surface area contributed by atoms with Gasteiger partial charge in [-0.3, -0.25) is 0 Å². The lowest BCUT2D eigenvalue weighted by Gasteiger charge is -2.29. The molecule has 1 heterocycles. The Hall–Kier alpha value is -1.76. The Morgan fingerprint density at radius 1 is 0.850 bits per heavy atom. The Labute approximate surface area is 121 Å². The summed E-state index contributed by atoms with van der Waals surface area (Å²) >= 11 is 0. The summed E-state index contributed by atoms with van der Waals surface area (Å²) in [5.41, 5.74) is 7.27. The van der Waals surface area contributed by atoms with Gasteiger partial charge in [0, 0.05) is 17.8 Å². The second-order valence-electron chi connectivity index (χ2n) is 6.09. The van der Waals surface area contributed by atoms with Gasteiger partial charge in [0.25, 0.3) is 0 Å². The van der Waals surface area contributed by atoms with E-state index in [2.05, 4.69) is 47.8 Å². The first kappa shape index (κ1) is 12.0. The van der Waals surface area contributed by atoms with Gasteiger partial charge in [0.05, 0.1) is 0 Å². The van der Waals surface area contributed by atoms with E-state index in [0.717, 1.165) is 12.5 Å². The monoisotopic (exact) mass is 263 g/mol. The summed E-state index contributed by atoms with van der Waals surface area (Å²) in [7, 11) is 0. The quantitative estimate of drug-likeness (QED) is 0.805. The number of hydrogen-bond donors (Lipinski definition) is 1. The maximum absolute atomic E-state index is 3.63. The van der Waals surface area contributed by atoms with Crippen LogP contribution in [0, 0.1) is 0 Å². The minimum absolute atomic E-state index is 0.783. The van der Waals surface area contributed by atoms with Gasteiger partial charge in [-0.1, -0.05) is 48.9 Å². The number of anilines is 1. The van der Waals surface area contributed by atoms with E-state index in [1.807, 2.05) is 0 Å². The summed E-state index contributed by atoms with van der Waals surface area (Å²) in [6.07, 6.45) is 6.57. The first-order valence-corrected chi connectivity index (χ1v) is 7.88. The molecule has 2 aromatic carbocycles.